The third-order valence-electron chi connectivity index (χ3n) is 4.75. The molecular weight excluding hydrogens is 324 g/mol. The number of imidazole rings is 1. The fourth-order valence-electron chi connectivity index (χ4n) is 3.45. The van der Waals surface area contributed by atoms with Gasteiger partial charge in [-0.3, -0.25) is 4.79 Å². The lowest BCUT2D eigenvalue weighted by Crippen LogP contribution is -2.29. The van der Waals surface area contributed by atoms with Crippen molar-refractivity contribution in [1.82, 2.24) is 14.9 Å². The van der Waals surface area contributed by atoms with Gasteiger partial charge in [-0.05, 0) is 42.7 Å². The fourth-order valence-corrected chi connectivity index (χ4v) is 3.45. The van der Waals surface area contributed by atoms with Gasteiger partial charge in [0.15, 0.2) is 0 Å². The molecular formula is C21H18N4O. The molecule has 1 saturated heterocycles. The van der Waals surface area contributed by atoms with Crippen molar-refractivity contribution in [2.75, 3.05) is 6.54 Å². The van der Waals surface area contributed by atoms with Crippen LogP contribution in [-0.2, 0) is 4.79 Å². The molecule has 1 aliphatic rings. The molecule has 1 atom stereocenters. The third kappa shape index (κ3) is 2.98. The van der Waals surface area contributed by atoms with Crippen LogP contribution < -0.4 is 0 Å². The van der Waals surface area contributed by atoms with E-state index in [0.29, 0.717) is 12.1 Å². The summed E-state index contributed by atoms with van der Waals surface area (Å²) in [5.74, 6) is 0.781. The molecule has 128 valence electrons. The maximum absolute atomic E-state index is 12.7. The standard InChI is InChI=1S/C21H18N4O/c22-14-16-7-2-1-6-15(16)11-12-20(26)25-13-5-10-19(25)21-23-17-8-3-4-9-18(17)24-21/h1-4,6-9,11-12,19H,5,10,13H2,(H,23,24)/b12-11+. The van der Waals surface area contributed by atoms with Crippen LogP contribution in [0.5, 0.6) is 0 Å². The Morgan fingerprint density at radius 3 is 2.88 bits per heavy atom. The van der Waals surface area contributed by atoms with Gasteiger partial charge in [0.1, 0.15) is 5.82 Å². The van der Waals surface area contributed by atoms with Crippen molar-refractivity contribution in [3.05, 3.63) is 71.6 Å². The van der Waals surface area contributed by atoms with E-state index in [4.69, 9.17) is 5.26 Å². The third-order valence-corrected chi connectivity index (χ3v) is 4.75. The summed E-state index contributed by atoms with van der Waals surface area (Å²) >= 11 is 0. The van der Waals surface area contributed by atoms with Gasteiger partial charge in [-0.2, -0.15) is 5.26 Å². The molecule has 5 heteroatoms. The number of nitriles is 1. The number of hydrogen-bond donors (Lipinski definition) is 1. The molecule has 1 aliphatic heterocycles. The highest BCUT2D eigenvalue weighted by Crippen LogP contribution is 2.31. The summed E-state index contributed by atoms with van der Waals surface area (Å²) in [5, 5.41) is 9.16. The van der Waals surface area contributed by atoms with E-state index in [2.05, 4.69) is 16.0 Å². The first-order valence-corrected chi connectivity index (χ1v) is 8.69. The van der Waals surface area contributed by atoms with Gasteiger partial charge in [0.05, 0.1) is 28.7 Å². The zero-order valence-electron chi connectivity index (χ0n) is 14.2. The van der Waals surface area contributed by atoms with E-state index in [9.17, 15) is 4.79 Å². The molecule has 2 heterocycles. The highest BCUT2D eigenvalue weighted by Gasteiger charge is 2.31. The van der Waals surface area contributed by atoms with Crippen LogP contribution in [-0.4, -0.2) is 27.3 Å². The van der Waals surface area contributed by atoms with Gasteiger partial charge in [0.2, 0.25) is 5.91 Å². The Kier molecular flexibility index (Phi) is 4.24. The zero-order chi connectivity index (χ0) is 17.9. The average Bonchev–Trinajstić information content (AvgIpc) is 3.32. The molecule has 0 saturated carbocycles. The van der Waals surface area contributed by atoms with E-state index in [1.165, 1.54) is 0 Å². The van der Waals surface area contributed by atoms with E-state index < -0.39 is 0 Å². The Morgan fingerprint density at radius 2 is 2.04 bits per heavy atom. The van der Waals surface area contributed by atoms with Crippen molar-refractivity contribution in [2.45, 2.75) is 18.9 Å². The number of likely N-dealkylation sites (tertiary alicyclic amines) is 1. The first-order chi connectivity index (χ1) is 12.8. The first kappa shape index (κ1) is 16.1. The van der Waals surface area contributed by atoms with Crippen molar-refractivity contribution in [3.8, 4) is 6.07 Å². The number of carbonyl (C=O) groups excluding carboxylic acids is 1. The lowest BCUT2D eigenvalue weighted by atomic mass is 10.1. The topological polar surface area (TPSA) is 72.8 Å². The predicted molar refractivity (Wildman–Crippen MR) is 100.0 cm³/mol. The van der Waals surface area contributed by atoms with Crippen LogP contribution in [0.2, 0.25) is 0 Å². The Hall–Kier alpha value is -3.39. The quantitative estimate of drug-likeness (QED) is 0.736. The van der Waals surface area contributed by atoms with Crippen molar-refractivity contribution < 1.29 is 4.79 Å². The maximum atomic E-state index is 12.7. The molecule has 1 aromatic heterocycles. The minimum Gasteiger partial charge on any atom is -0.340 e. The summed E-state index contributed by atoms with van der Waals surface area (Å²) in [7, 11) is 0. The number of fused-ring (bicyclic) bond motifs is 1. The van der Waals surface area contributed by atoms with E-state index in [1.807, 2.05) is 47.4 Å². The Bertz CT molecular complexity index is 995. The monoisotopic (exact) mass is 342 g/mol. The Labute approximate surface area is 151 Å². The van der Waals surface area contributed by atoms with Gasteiger partial charge in [-0.25, -0.2) is 4.98 Å². The zero-order valence-corrected chi connectivity index (χ0v) is 14.2. The summed E-state index contributed by atoms with van der Waals surface area (Å²) in [4.78, 5) is 22.6. The smallest absolute Gasteiger partial charge is 0.247 e. The van der Waals surface area contributed by atoms with Crippen LogP contribution in [0.25, 0.3) is 17.1 Å². The highest BCUT2D eigenvalue weighted by atomic mass is 16.2. The minimum absolute atomic E-state index is 0.0363. The van der Waals surface area contributed by atoms with Gasteiger partial charge in [-0.1, -0.05) is 30.3 Å². The molecule has 1 fully saturated rings. The van der Waals surface area contributed by atoms with Crippen LogP contribution in [0.1, 0.15) is 35.8 Å². The maximum Gasteiger partial charge on any atom is 0.247 e. The number of rotatable bonds is 3. The van der Waals surface area contributed by atoms with Crippen LogP contribution in [0.4, 0.5) is 0 Å². The molecule has 1 unspecified atom stereocenters. The summed E-state index contributed by atoms with van der Waals surface area (Å²) in [6.07, 6.45) is 5.12. The summed E-state index contributed by atoms with van der Waals surface area (Å²) in [6, 6.07) is 17.3. The van der Waals surface area contributed by atoms with E-state index >= 15 is 0 Å². The Morgan fingerprint density at radius 1 is 1.23 bits per heavy atom. The minimum atomic E-state index is -0.0549. The second-order valence-electron chi connectivity index (χ2n) is 6.36. The number of nitrogens with zero attached hydrogens (tertiary/aromatic N) is 3. The lowest BCUT2D eigenvalue weighted by Gasteiger charge is -2.21. The molecule has 4 rings (SSSR count). The summed E-state index contributed by atoms with van der Waals surface area (Å²) in [6.45, 7) is 0.713. The SMILES string of the molecule is N#Cc1ccccc1/C=C/C(=O)N1CCCC1c1nc2ccccc2[nH]1. The van der Waals surface area contributed by atoms with Crippen LogP contribution in [0, 0.1) is 11.3 Å². The van der Waals surface area contributed by atoms with Crippen LogP contribution in [0.15, 0.2) is 54.6 Å². The number of aromatic nitrogens is 2. The summed E-state index contributed by atoms with van der Waals surface area (Å²) in [5.41, 5.74) is 3.22. The van der Waals surface area contributed by atoms with Crippen molar-refractivity contribution in [3.63, 3.8) is 0 Å². The predicted octanol–water partition coefficient (Wildman–Crippen LogP) is 3.81. The van der Waals surface area contributed by atoms with E-state index in [1.54, 1.807) is 18.2 Å². The molecule has 1 amide bonds. The molecule has 3 aromatic rings. The number of amides is 1. The average molecular weight is 342 g/mol. The molecule has 0 radical (unpaired) electrons. The van der Waals surface area contributed by atoms with Gasteiger partial charge < -0.3 is 9.88 Å². The number of aromatic amines is 1. The van der Waals surface area contributed by atoms with E-state index in [-0.39, 0.29) is 11.9 Å². The van der Waals surface area contributed by atoms with Crippen LogP contribution in [0.3, 0.4) is 0 Å². The first-order valence-electron chi connectivity index (χ1n) is 8.69. The van der Waals surface area contributed by atoms with Gasteiger partial charge in [-0.15, -0.1) is 0 Å². The normalized spacial score (nSPS) is 17.0. The number of carbonyl (C=O) groups is 1. The molecule has 2 aromatic carbocycles. The van der Waals surface area contributed by atoms with E-state index in [0.717, 1.165) is 35.3 Å². The summed E-state index contributed by atoms with van der Waals surface area (Å²) < 4.78 is 0. The number of hydrogen-bond acceptors (Lipinski definition) is 3. The molecule has 5 nitrogen and oxygen atoms in total. The van der Waals surface area contributed by atoms with Gasteiger partial charge in [0.25, 0.3) is 0 Å². The van der Waals surface area contributed by atoms with Crippen molar-refractivity contribution in [2.24, 2.45) is 0 Å². The second kappa shape index (κ2) is 6.85. The lowest BCUT2D eigenvalue weighted by molar-refractivity contribution is -0.126. The number of H-pyrrole nitrogens is 1. The molecule has 26 heavy (non-hydrogen) atoms. The molecule has 0 spiro atoms. The fraction of sp³-hybridized carbons (Fsp3) is 0.190. The largest absolute Gasteiger partial charge is 0.340 e. The number of benzene rings is 2. The molecule has 0 bridgehead atoms. The molecule has 1 N–H and O–H groups in total. The number of nitrogens with one attached hydrogen (secondary N) is 1. The second-order valence-corrected chi connectivity index (χ2v) is 6.36. The van der Waals surface area contributed by atoms with Gasteiger partial charge >= 0.3 is 0 Å². The van der Waals surface area contributed by atoms with Crippen molar-refractivity contribution in [1.29, 1.82) is 5.26 Å². The van der Waals surface area contributed by atoms with Gasteiger partial charge in [0, 0.05) is 12.6 Å². The van der Waals surface area contributed by atoms with Crippen molar-refractivity contribution >= 4 is 23.0 Å². The highest BCUT2D eigenvalue weighted by molar-refractivity contribution is 5.92. The Balaban J connectivity index is 1.57. The molecule has 0 aliphatic carbocycles. The number of para-hydroxylation sites is 2. The van der Waals surface area contributed by atoms with Crippen LogP contribution >= 0.6 is 0 Å².